The van der Waals surface area contributed by atoms with Crippen LogP contribution in [0.25, 0.3) is 0 Å². The second-order valence-corrected chi connectivity index (χ2v) is 7.62. The summed E-state index contributed by atoms with van der Waals surface area (Å²) in [5.74, 6) is -1.01. The van der Waals surface area contributed by atoms with Crippen molar-refractivity contribution >= 4 is 35.2 Å². The van der Waals surface area contributed by atoms with Crippen LogP contribution in [0.1, 0.15) is 29.2 Å². The fourth-order valence-electron chi connectivity index (χ4n) is 2.63. The lowest BCUT2D eigenvalue weighted by molar-refractivity contribution is -0.142. The Morgan fingerprint density at radius 2 is 1.68 bits per heavy atom. The SMILES string of the molecule is O=C(CSC(c1ccccc1)c1ccc(Cl)cc1)NC1(C(=O)O)CC1. The van der Waals surface area contributed by atoms with E-state index < -0.39 is 11.5 Å². The third kappa shape index (κ3) is 4.35. The molecule has 1 amide bonds. The Bertz CT molecular complexity index is 760. The van der Waals surface area contributed by atoms with E-state index in [4.69, 9.17) is 11.6 Å². The van der Waals surface area contributed by atoms with E-state index in [0.717, 1.165) is 11.1 Å². The number of carboxylic acids is 1. The van der Waals surface area contributed by atoms with Crippen LogP contribution >= 0.6 is 23.4 Å². The first-order valence-corrected chi connectivity index (χ1v) is 9.39. The molecule has 0 radical (unpaired) electrons. The van der Waals surface area contributed by atoms with Gasteiger partial charge in [0.1, 0.15) is 5.54 Å². The molecule has 0 heterocycles. The van der Waals surface area contributed by atoms with Crippen LogP contribution in [-0.4, -0.2) is 28.3 Å². The normalized spacial score (nSPS) is 16.0. The number of halogens is 1. The van der Waals surface area contributed by atoms with Gasteiger partial charge in [-0.25, -0.2) is 4.79 Å². The lowest BCUT2D eigenvalue weighted by Crippen LogP contribution is -2.43. The first kappa shape index (κ1) is 17.8. The first-order chi connectivity index (χ1) is 12.0. The van der Waals surface area contributed by atoms with Crippen LogP contribution in [0.3, 0.4) is 0 Å². The van der Waals surface area contributed by atoms with Crippen molar-refractivity contribution in [3.63, 3.8) is 0 Å². The number of aliphatic carboxylic acids is 1. The smallest absolute Gasteiger partial charge is 0.329 e. The van der Waals surface area contributed by atoms with Gasteiger partial charge >= 0.3 is 5.97 Å². The molecular weight excluding hydrogens is 358 g/mol. The van der Waals surface area contributed by atoms with Crippen LogP contribution in [-0.2, 0) is 9.59 Å². The fourth-order valence-corrected chi connectivity index (χ4v) is 3.84. The van der Waals surface area contributed by atoms with Crippen molar-refractivity contribution in [2.24, 2.45) is 0 Å². The van der Waals surface area contributed by atoms with Gasteiger partial charge in [0.2, 0.25) is 5.91 Å². The Labute approximate surface area is 155 Å². The minimum Gasteiger partial charge on any atom is -0.480 e. The summed E-state index contributed by atoms with van der Waals surface area (Å²) in [7, 11) is 0. The van der Waals surface area contributed by atoms with E-state index in [1.54, 1.807) is 0 Å². The maximum atomic E-state index is 12.2. The third-order valence-electron chi connectivity index (χ3n) is 4.19. The van der Waals surface area contributed by atoms with E-state index in [2.05, 4.69) is 5.32 Å². The van der Waals surface area contributed by atoms with Gasteiger partial charge in [0, 0.05) is 5.02 Å². The Balaban J connectivity index is 1.71. The highest BCUT2D eigenvalue weighted by atomic mass is 35.5. The molecule has 3 rings (SSSR count). The number of carbonyl (C=O) groups is 2. The predicted octanol–water partition coefficient (Wildman–Crippen LogP) is 3.90. The zero-order valence-corrected chi connectivity index (χ0v) is 15.0. The average Bonchev–Trinajstić information content (AvgIpc) is 3.38. The largest absolute Gasteiger partial charge is 0.480 e. The van der Waals surface area contributed by atoms with E-state index in [-0.39, 0.29) is 16.9 Å². The molecule has 2 aromatic rings. The van der Waals surface area contributed by atoms with E-state index in [1.807, 2.05) is 54.6 Å². The van der Waals surface area contributed by atoms with Gasteiger partial charge in [-0.05, 0) is 36.1 Å². The summed E-state index contributed by atoms with van der Waals surface area (Å²) in [6.45, 7) is 0. The molecule has 0 spiro atoms. The first-order valence-electron chi connectivity index (χ1n) is 7.97. The van der Waals surface area contributed by atoms with Crippen LogP contribution in [0.15, 0.2) is 54.6 Å². The summed E-state index contributed by atoms with van der Waals surface area (Å²) in [6.07, 6.45) is 0.996. The molecule has 0 saturated heterocycles. The molecule has 6 heteroatoms. The fraction of sp³-hybridized carbons (Fsp3) is 0.263. The number of thioether (sulfide) groups is 1. The highest BCUT2D eigenvalue weighted by Gasteiger charge is 2.51. The van der Waals surface area contributed by atoms with Gasteiger partial charge in [0.25, 0.3) is 0 Å². The van der Waals surface area contributed by atoms with Crippen LogP contribution in [0.4, 0.5) is 0 Å². The number of nitrogens with one attached hydrogen (secondary N) is 1. The van der Waals surface area contributed by atoms with E-state index in [9.17, 15) is 14.7 Å². The molecule has 25 heavy (non-hydrogen) atoms. The van der Waals surface area contributed by atoms with Gasteiger partial charge in [0.05, 0.1) is 11.0 Å². The summed E-state index contributed by atoms with van der Waals surface area (Å²) in [6, 6.07) is 17.5. The molecule has 1 atom stereocenters. The molecule has 2 N–H and O–H groups in total. The van der Waals surface area contributed by atoms with Gasteiger partial charge in [-0.3, -0.25) is 4.79 Å². The third-order valence-corrected chi connectivity index (χ3v) is 5.75. The minimum absolute atomic E-state index is 0.0239. The Morgan fingerprint density at radius 1 is 1.08 bits per heavy atom. The highest BCUT2D eigenvalue weighted by molar-refractivity contribution is 8.00. The van der Waals surface area contributed by atoms with Crippen molar-refractivity contribution in [3.8, 4) is 0 Å². The molecule has 1 unspecified atom stereocenters. The van der Waals surface area contributed by atoms with Crippen molar-refractivity contribution in [1.82, 2.24) is 5.32 Å². The second-order valence-electron chi connectivity index (χ2n) is 6.09. The molecule has 4 nitrogen and oxygen atoms in total. The molecule has 2 aromatic carbocycles. The van der Waals surface area contributed by atoms with Gasteiger partial charge in [0.15, 0.2) is 0 Å². The number of carbonyl (C=O) groups excluding carboxylic acids is 1. The van der Waals surface area contributed by atoms with Crippen molar-refractivity contribution < 1.29 is 14.7 Å². The Morgan fingerprint density at radius 3 is 2.24 bits per heavy atom. The quantitative estimate of drug-likeness (QED) is 0.770. The summed E-state index contributed by atoms with van der Waals surface area (Å²) in [5.41, 5.74) is 1.09. The molecule has 1 fully saturated rings. The molecule has 1 saturated carbocycles. The number of rotatable bonds is 7. The van der Waals surface area contributed by atoms with Crippen LogP contribution < -0.4 is 5.32 Å². The van der Waals surface area contributed by atoms with Crippen LogP contribution in [0.2, 0.25) is 5.02 Å². The lowest BCUT2D eigenvalue weighted by Gasteiger charge is -2.19. The summed E-state index contributed by atoms with van der Waals surface area (Å²) >= 11 is 7.45. The van der Waals surface area contributed by atoms with Gasteiger partial charge in [-0.1, -0.05) is 54.1 Å². The number of hydrogen-bond acceptors (Lipinski definition) is 3. The maximum Gasteiger partial charge on any atom is 0.329 e. The summed E-state index contributed by atoms with van der Waals surface area (Å²) in [5, 5.41) is 12.5. The maximum absolute atomic E-state index is 12.2. The standard InChI is InChI=1S/C19H18ClNO3S/c20-15-8-6-14(7-9-15)17(13-4-2-1-3-5-13)25-12-16(22)21-19(10-11-19)18(23)24/h1-9,17H,10-12H2,(H,21,22)(H,23,24). The number of hydrogen-bond donors (Lipinski definition) is 2. The monoisotopic (exact) mass is 375 g/mol. The molecule has 130 valence electrons. The van der Waals surface area contributed by atoms with E-state index in [0.29, 0.717) is 17.9 Å². The lowest BCUT2D eigenvalue weighted by atomic mass is 10.0. The number of benzene rings is 2. The molecule has 1 aliphatic rings. The van der Waals surface area contributed by atoms with E-state index >= 15 is 0 Å². The van der Waals surface area contributed by atoms with Crippen molar-refractivity contribution in [2.75, 3.05) is 5.75 Å². The Kier molecular flexibility index (Phi) is 5.35. The molecular formula is C19H18ClNO3S. The van der Waals surface area contributed by atoms with Gasteiger partial charge in [-0.15, -0.1) is 11.8 Å². The number of carboxylic acid groups (broad SMARTS) is 1. The minimum atomic E-state index is -1.04. The zero-order valence-electron chi connectivity index (χ0n) is 13.4. The van der Waals surface area contributed by atoms with Gasteiger partial charge < -0.3 is 10.4 Å². The molecule has 0 aliphatic heterocycles. The van der Waals surface area contributed by atoms with Crippen molar-refractivity contribution in [2.45, 2.75) is 23.6 Å². The predicted molar refractivity (Wildman–Crippen MR) is 99.9 cm³/mol. The highest BCUT2D eigenvalue weighted by Crippen LogP contribution is 2.38. The van der Waals surface area contributed by atoms with Crippen LogP contribution in [0.5, 0.6) is 0 Å². The van der Waals surface area contributed by atoms with Crippen LogP contribution in [0, 0.1) is 0 Å². The molecule has 0 aromatic heterocycles. The second kappa shape index (κ2) is 7.50. The Hall–Kier alpha value is -1.98. The molecule has 1 aliphatic carbocycles. The summed E-state index contributed by atoms with van der Waals surface area (Å²) in [4.78, 5) is 23.4. The zero-order chi connectivity index (χ0) is 17.9. The summed E-state index contributed by atoms with van der Waals surface area (Å²) < 4.78 is 0. The van der Waals surface area contributed by atoms with Crippen molar-refractivity contribution in [3.05, 3.63) is 70.7 Å². The van der Waals surface area contributed by atoms with Gasteiger partial charge in [-0.2, -0.15) is 0 Å². The van der Waals surface area contributed by atoms with E-state index in [1.165, 1.54) is 11.8 Å². The molecule has 0 bridgehead atoms. The topological polar surface area (TPSA) is 66.4 Å². The average molecular weight is 376 g/mol. The number of amides is 1. The van der Waals surface area contributed by atoms with Crippen molar-refractivity contribution in [1.29, 1.82) is 0 Å².